The lowest BCUT2D eigenvalue weighted by Crippen LogP contribution is -2.12. The summed E-state index contributed by atoms with van der Waals surface area (Å²) in [5.41, 5.74) is 0.435. The van der Waals surface area contributed by atoms with Crippen molar-refractivity contribution < 1.29 is 79.7 Å². The quantitative estimate of drug-likeness (QED) is 0.0982. The van der Waals surface area contributed by atoms with Crippen LogP contribution in [0.1, 0.15) is 0 Å². The molecule has 0 radical (unpaired) electrons. The molecular weight excluding hydrogens is 652 g/mol. The second kappa shape index (κ2) is 10.9. The standard InChI is InChI=1S/C24H4F16N2O2/c25-3-1(4(26)7(29)9(31)6(3)28)2-5(27)8(30)14(36)24(44-23-17(39)12(34)20(42)13(35)18(23)40)21(2)43-22-15(37)10(32)19(41)11(33)16(22)38/h41-42H2. The lowest BCUT2D eigenvalue weighted by molar-refractivity contribution is 0.315. The highest BCUT2D eigenvalue weighted by Crippen LogP contribution is 2.51. The highest BCUT2D eigenvalue weighted by molar-refractivity contribution is 5.77. The van der Waals surface area contributed by atoms with Crippen LogP contribution in [-0.4, -0.2) is 0 Å². The number of ether oxygens (including phenoxy) is 2. The van der Waals surface area contributed by atoms with Crippen molar-refractivity contribution in [3.05, 3.63) is 93.1 Å². The molecule has 4 rings (SSSR count). The minimum Gasteiger partial charge on any atom is -0.446 e. The third-order valence-corrected chi connectivity index (χ3v) is 5.62. The number of hydrogen-bond donors (Lipinski definition) is 2. The molecule has 234 valence electrons. The van der Waals surface area contributed by atoms with Crippen molar-refractivity contribution in [3.63, 3.8) is 0 Å². The molecule has 0 amide bonds. The molecule has 0 atom stereocenters. The Morgan fingerprint density at radius 3 is 0.864 bits per heavy atom. The van der Waals surface area contributed by atoms with Crippen LogP contribution in [0, 0.1) is 93.1 Å². The lowest BCUT2D eigenvalue weighted by Gasteiger charge is -2.21. The van der Waals surface area contributed by atoms with Crippen LogP contribution in [0.5, 0.6) is 23.0 Å². The Labute approximate surface area is 230 Å². The van der Waals surface area contributed by atoms with E-state index >= 15 is 4.39 Å². The molecule has 44 heavy (non-hydrogen) atoms. The maximum atomic E-state index is 15.1. The second-order valence-corrected chi connectivity index (χ2v) is 8.12. The van der Waals surface area contributed by atoms with Crippen LogP contribution in [0.3, 0.4) is 0 Å². The van der Waals surface area contributed by atoms with Crippen LogP contribution in [0.2, 0.25) is 0 Å². The second-order valence-electron chi connectivity index (χ2n) is 8.12. The van der Waals surface area contributed by atoms with E-state index in [1.54, 1.807) is 0 Å². The zero-order valence-electron chi connectivity index (χ0n) is 20.0. The fourth-order valence-corrected chi connectivity index (χ4v) is 3.50. The maximum absolute atomic E-state index is 15.1. The van der Waals surface area contributed by atoms with Gasteiger partial charge in [-0.2, -0.15) is 22.0 Å². The summed E-state index contributed by atoms with van der Waals surface area (Å²) in [6.07, 6.45) is 0. The Kier molecular flexibility index (Phi) is 7.90. The summed E-state index contributed by atoms with van der Waals surface area (Å²) < 4.78 is 238. The summed E-state index contributed by atoms with van der Waals surface area (Å²) in [4.78, 5) is 0. The van der Waals surface area contributed by atoms with Gasteiger partial charge < -0.3 is 20.9 Å². The van der Waals surface area contributed by atoms with Crippen molar-refractivity contribution in [2.45, 2.75) is 0 Å². The van der Waals surface area contributed by atoms with E-state index in [4.69, 9.17) is 11.5 Å². The predicted octanol–water partition coefficient (Wildman–Crippen LogP) is 8.33. The maximum Gasteiger partial charge on any atom is 0.209 e. The average molecular weight is 656 g/mol. The van der Waals surface area contributed by atoms with Gasteiger partial charge in [-0.25, -0.2) is 48.3 Å². The van der Waals surface area contributed by atoms with E-state index < -0.39 is 139 Å². The van der Waals surface area contributed by atoms with Gasteiger partial charge in [-0.05, 0) is 0 Å². The molecule has 0 spiro atoms. The fourth-order valence-electron chi connectivity index (χ4n) is 3.50. The van der Waals surface area contributed by atoms with Crippen LogP contribution in [0.15, 0.2) is 0 Å². The summed E-state index contributed by atoms with van der Waals surface area (Å²) in [6.45, 7) is 0. The highest BCUT2D eigenvalue weighted by Gasteiger charge is 2.39. The normalized spacial score (nSPS) is 11.4. The van der Waals surface area contributed by atoms with Crippen molar-refractivity contribution >= 4 is 11.4 Å². The zero-order chi connectivity index (χ0) is 33.3. The number of hydrogen-bond acceptors (Lipinski definition) is 4. The number of rotatable bonds is 5. The smallest absolute Gasteiger partial charge is 0.209 e. The zero-order valence-corrected chi connectivity index (χ0v) is 20.0. The number of benzene rings is 4. The molecular formula is C24H4F16N2O2. The van der Waals surface area contributed by atoms with Crippen molar-refractivity contribution in [1.29, 1.82) is 0 Å². The van der Waals surface area contributed by atoms with Crippen molar-refractivity contribution in [2.75, 3.05) is 11.5 Å². The average Bonchev–Trinajstić information content (AvgIpc) is 3.00. The van der Waals surface area contributed by atoms with Gasteiger partial charge in [0.15, 0.2) is 63.9 Å². The number of anilines is 2. The molecule has 0 heterocycles. The van der Waals surface area contributed by atoms with E-state index in [1.807, 2.05) is 0 Å². The Balaban J connectivity index is 2.23. The molecule has 4 aromatic carbocycles. The van der Waals surface area contributed by atoms with Gasteiger partial charge in [0, 0.05) is 0 Å². The summed E-state index contributed by atoms with van der Waals surface area (Å²) in [5.74, 6) is -55.4. The van der Waals surface area contributed by atoms with Crippen molar-refractivity contribution in [2.24, 2.45) is 0 Å². The number of nitrogen functional groups attached to an aromatic ring is 2. The van der Waals surface area contributed by atoms with Gasteiger partial charge >= 0.3 is 0 Å². The third kappa shape index (κ3) is 4.51. The van der Waals surface area contributed by atoms with E-state index in [-0.39, 0.29) is 0 Å². The molecule has 0 saturated heterocycles. The largest absolute Gasteiger partial charge is 0.446 e. The molecule has 0 aliphatic carbocycles. The number of nitrogens with two attached hydrogens (primary N) is 2. The van der Waals surface area contributed by atoms with E-state index in [9.17, 15) is 65.9 Å². The molecule has 0 bridgehead atoms. The summed E-state index contributed by atoms with van der Waals surface area (Å²) in [5, 5.41) is 0. The van der Waals surface area contributed by atoms with Gasteiger partial charge in [0.05, 0.1) is 11.1 Å². The van der Waals surface area contributed by atoms with Gasteiger partial charge in [-0.1, -0.05) is 0 Å². The van der Waals surface area contributed by atoms with Gasteiger partial charge in [-0.15, -0.1) is 0 Å². The van der Waals surface area contributed by atoms with Gasteiger partial charge in [0.2, 0.25) is 52.2 Å². The first-order valence-electron chi connectivity index (χ1n) is 10.7. The molecule has 4 aromatic rings. The van der Waals surface area contributed by atoms with Crippen molar-refractivity contribution in [3.8, 4) is 34.1 Å². The molecule has 0 saturated carbocycles. The highest BCUT2D eigenvalue weighted by atomic mass is 19.2. The minimum absolute atomic E-state index is 1.89. The molecule has 0 fully saturated rings. The predicted molar refractivity (Wildman–Crippen MR) is 113 cm³/mol. The summed E-state index contributed by atoms with van der Waals surface area (Å²) >= 11 is 0. The van der Waals surface area contributed by atoms with Crippen LogP contribution < -0.4 is 20.9 Å². The van der Waals surface area contributed by atoms with Gasteiger partial charge in [-0.3, -0.25) is 0 Å². The van der Waals surface area contributed by atoms with E-state index in [1.165, 1.54) is 0 Å². The Hall–Kier alpha value is -5.04. The first-order valence-corrected chi connectivity index (χ1v) is 10.7. The van der Waals surface area contributed by atoms with E-state index in [2.05, 4.69) is 9.47 Å². The van der Waals surface area contributed by atoms with Crippen LogP contribution in [0.25, 0.3) is 11.1 Å². The summed E-state index contributed by atoms with van der Waals surface area (Å²) in [7, 11) is 0. The Bertz CT molecular complexity index is 1830. The first kappa shape index (κ1) is 31.9. The molecule has 20 heteroatoms. The SMILES string of the molecule is Nc1c(F)c(F)c(Oc2c(F)c(F)c(F)c(-c3c(F)c(F)c(F)c(F)c3F)c2Oc2c(F)c(F)c(N)c(F)c2F)c(F)c1F. The topological polar surface area (TPSA) is 70.5 Å². The molecule has 0 aliphatic heterocycles. The van der Waals surface area contributed by atoms with Gasteiger partial charge in [0.1, 0.15) is 11.4 Å². The van der Waals surface area contributed by atoms with Crippen LogP contribution >= 0.6 is 0 Å². The molecule has 4 N–H and O–H groups in total. The number of halogens is 16. The molecule has 0 aliphatic rings. The van der Waals surface area contributed by atoms with Crippen LogP contribution in [0.4, 0.5) is 81.6 Å². The monoisotopic (exact) mass is 656 g/mol. The first-order chi connectivity index (χ1) is 20.4. The lowest BCUT2D eigenvalue weighted by atomic mass is 10.00. The fraction of sp³-hybridized carbons (Fsp3) is 0. The van der Waals surface area contributed by atoms with E-state index in [0.717, 1.165) is 0 Å². The van der Waals surface area contributed by atoms with Gasteiger partial charge in [0.25, 0.3) is 0 Å². The summed E-state index contributed by atoms with van der Waals surface area (Å²) in [6, 6.07) is 0. The Morgan fingerprint density at radius 2 is 0.500 bits per heavy atom. The van der Waals surface area contributed by atoms with Crippen LogP contribution in [-0.2, 0) is 0 Å². The minimum atomic E-state index is -3.08. The van der Waals surface area contributed by atoms with Crippen molar-refractivity contribution in [1.82, 2.24) is 0 Å². The third-order valence-electron chi connectivity index (χ3n) is 5.62. The van der Waals surface area contributed by atoms with E-state index in [0.29, 0.717) is 0 Å². The molecule has 0 aromatic heterocycles. The molecule has 0 unspecified atom stereocenters. The Morgan fingerprint density at radius 1 is 0.250 bits per heavy atom. The molecule has 4 nitrogen and oxygen atoms in total.